The van der Waals surface area contributed by atoms with Crippen LogP contribution in [0.3, 0.4) is 0 Å². The van der Waals surface area contributed by atoms with Gasteiger partial charge in [0.15, 0.2) is 0 Å². The standard InChI is InChI=1S/C17H17ClN6O3S/c1-2-27-17(26)14-13(9-3-5-10(18)6-4-9)11(7-19)16(22-15(14)25)28-8-12(23-20)24-21/h3-6H,2,8,20-21H2,1H3,(H,22,25)(H,23,24). The van der Waals surface area contributed by atoms with Crippen molar-refractivity contribution >= 4 is 35.2 Å². The van der Waals surface area contributed by atoms with Crippen LogP contribution in [0.25, 0.3) is 11.1 Å². The minimum atomic E-state index is -0.824. The average molecular weight is 421 g/mol. The molecule has 0 amide bonds. The van der Waals surface area contributed by atoms with Crippen LogP contribution in [0.1, 0.15) is 22.8 Å². The first kappa shape index (κ1) is 21.3. The molecular weight excluding hydrogens is 404 g/mol. The van der Waals surface area contributed by atoms with Crippen LogP contribution in [0.4, 0.5) is 0 Å². The summed E-state index contributed by atoms with van der Waals surface area (Å²) in [5, 5.41) is 13.9. The van der Waals surface area contributed by atoms with Gasteiger partial charge in [0.1, 0.15) is 17.5 Å². The number of nitrogens with two attached hydrogens (primary N) is 2. The Hall–Kier alpha value is -3.00. The van der Waals surface area contributed by atoms with E-state index >= 15 is 0 Å². The van der Waals surface area contributed by atoms with Gasteiger partial charge in [0.25, 0.3) is 5.56 Å². The molecule has 11 heteroatoms. The van der Waals surface area contributed by atoms with Gasteiger partial charge in [0.05, 0.1) is 22.9 Å². The molecule has 146 valence electrons. The van der Waals surface area contributed by atoms with Crippen molar-refractivity contribution in [2.24, 2.45) is 16.8 Å². The summed E-state index contributed by atoms with van der Waals surface area (Å²) in [5.74, 6) is 10.1. The van der Waals surface area contributed by atoms with Crippen LogP contribution in [0.15, 0.2) is 39.2 Å². The molecule has 0 aliphatic carbocycles. The van der Waals surface area contributed by atoms with Gasteiger partial charge in [0.2, 0.25) is 0 Å². The Bertz CT molecular complexity index is 998. The van der Waals surface area contributed by atoms with Gasteiger partial charge in [-0.3, -0.25) is 4.79 Å². The number of hydrazine groups is 1. The van der Waals surface area contributed by atoms with Crippen LogP contribution in [-0.4, -0.2) is 29.1 Å². The van der Waals surface area contributed by atoms with Gasteiger partial charge in [-0.1, -0.05) is 35.5 Å². The van der Waals surface area contributed by atoms with E-state index in [2.05, 4.69) is 15.5 Å². The van der Waals surface area contributed by atoms with Crippen molar-refractivity contribution in [3.05, 3.63) is 50.8 Å². The number of ether oxygens (including phenoxy) is 1. The number of aromatic amines is 1. The van der Waals surface area contributed by atoms with Gasteiger partial charge < -0.3 is 21.0 Å². The van der Waals surface area contributed by atoms with Crippen molar-refractivity contribution in [2.75, 3.05) is 12.4 Å². The number of rotatable bonds is 6. The molecule has 1 aromatic heterocycles. The highest BCUT2D eigenvalue weighted by atomic mass is 35.5. The number of halogens is 1. The topological polar surface area (TPSA) is 159 Å². The average Bonchev–Trinajstić information content (AvgIpc) is 2.69. The van der Waals surface area contributed by atoms with Crippen LogP contribution in [-0.2, 0) is 4.74 Å². The molecule has 2 rings (SSSR count). The lowest BCUT2D eigenvalue weighted by Gasteiger charge is -2.14. The summed E-state index contributed by atoms with van der Waals surface area (Å²) in [7, 11) is 0. The summed E-state index contributed by atoms with van der Waals surface area (Å²) in [6, 6.07) is 8.47. The largest absolute Gasteiger partial charge is 0.462 e. The van der Waals surface area contributed by atoms with E-state index < -0.39 is 11.5 Å². The molecule has 0 atom stereocenters. The number of hydrogen-bond donors (Lipinski definition) is 4. The van der Waals surface area contributed by atoms with E-state index in [0.29, 0.717) is 10.6 Å². The number of carbonyl (C=O) groups excluding carboxylic acids is 1. The number of nitriles is 1. The summed E-state index contributed by atoms with van der Waals surface area (Å²) in [6.45, 7) is 1.70. The number of aromatic nitrogens is 1. The first-order chi connectivity index (χ1) is 13.5. The number of amidine groups is 1. The van der Waals surface area contributed by atoms with Crippen molar-refractivity contribution in [1.29, 1.82) is 5.26 Å². The van der Waals surface area contributed by atoms with Crippen LogP contribution >= 0.6 is 23.4 Å². The zero-order valence-corrected chi connectivity index (χ0v) is 16.4. The van der Waals surface area contributed by atoms with Gasteiger partial charge in [-0.2, -0.15) is 10.4 Å². The molecule has 0 saturated heterocycles. The molecule has 0 unspecified atom stereocenters. The molecule has 0 bridgehead atoms. The predicted molar refractivity (Wildman–Crippen MR) is 108 cm³/mol. The summed E-state index contributed by atoms with van der Waals surface area (Å²) in [4.78, 5) is 27.6. The fraction of sp³-hybridized carbons (Fsp3) is 0.176. The Balaban J connectivity index is 2.72. The number of carbonyl (C=O) groups is 1. The second-order valence-corrected chi connectivity index (χ2v) is 6.68. The van der Waals surface area contributed by atoms with Crippen LogP contribution < -0.4 is 22.7 Å². The number of nitrogens with one attached hydrogen (secondary N) is 2. The summed E-state index contributed by atoms with van der Waals surface area (Å²) < 4.78 is 5.00. The maximum Gasteiger partial charge on any atom is 0.344 e. The van der Waals surface area contributed by atoms with Gasteiger partial charge in [-0.25, -0.2) is 10.6 Å². The van der Waals surface area contributed by atoms with Crippen molar-refractivity contribution in [3.63, 3.8) is 0 Å². The van der Waals surface area contributed by atoms with E-state index in [1.54, 1.807) is 31.2 Å². The molecule has 2 aromatic rings. The van der Waals surface area contributed by atoms with Crippen LogP contribution in [0, 0.1) is 11.3 Å². The molecule has 28 heavy (non-hydrogen) atoms. The number of hydrogen-bond acceptors (Lipinski definition) is 8. The van der Waals surface area contributed by atoms with Crippen molar-refractivity contribution in [2.45, 2.75) is 11.9 Å². The second kappa shape index (κ2) is 9.80. The van der Waals surface area contributed by atoms with E-state index in [4.69, 9.17) is 28.0 Å². The smallest absolute Gasteiger partial charge is 0.344 e. The number of H-pyrrole nitrogens is 1. The molecule has 0 radical (unpaired) electrons. The van der Waals surface area contributed by atoms with Crippen LogP contribution in [0.2, 0.25) is 5.02 Å². The fourth-order valence-electron chi connectivity index (χ4n) is 2.36. The number of thioether (sulfide) groups is 1. The number of benzene rings is 1. The summed E-state index contributed by atoms with van der Waals surface area (Å²) >= 11 is 7.01. The number of esters is 1. The molecule has 6 N–H and O–H groups in total. The molecule has 0 fully saturated rings. The third-order valence-electron chi connectivity index (χ3n) is 3.58. The molecule has 0 saturated carbocycles. The maximum absolute atomic E-state index is 12.7. The summed E-state index contributed by atoms with van der Waals surface area (Å²) in [6.07, 6.45) is 0. The molecule has 1 aromatic carbocycles. The third kappa shape index (κ3) is 4.64. The Labute approximate surface area is 169 Å². The number of nitrogens with zero attached hydrogens (tertiary/aromatic N) is 2. The van der Waals surface area contributed by atoms with E-state index in [0.717, 1.165) is 11.8 Å². The normalized spacial score (nSPS) is 11.0. The lowest BCUT2D eigenvalue weighted by atomic mass is 9.97. The fourth-order valence-corrected chi connectivity index (χ4v) is 3.38. The third-order valence-corrected chi connectivity index (χ3v) is 4.85. The lowest BCUT2D eigenvalue weighted by Crippen LogP contribution is -2.33. The van der Waals surface area contributed by atoms with Gasteiger partial charge in [0, 0.05) is 10.6 Å². The minimum absolute atomic E-state index is 0.0786. The Kier molecular flexibility index (Phi) is 7.45. The van der Waals surface area contributed by atoms with Crippen LogP contribution in [0.5, 0.6) is 0 Å². The highest BCUT2D eigenvalue weighted by molar-refractivity contribution is 8.00. The Morgan fingerprint density at radius 3 is 2.64 bits per heavy atom. The monoisotopic (exact) mass is 420 g/mol. The lowest BCUT2D eigenvalue weighted by molar-refractivity contribution is 0.0525. The number of pyridine rings is 1. The van der Waals surface area contributed by atoms with Gasteiger partial charge in [-0.05, 0) is 24.6 Å². The second-order valence-electron chi connectivity index (χ2n) is 5.26. The molecule has 0 aliphatic rings. The van der Waals surface area contributed by atoms with Crippen molar-refractivity contribution in [3.8, 4) is 17.2 Å². The van der Waals surface area contributed by atoms with Crippen molar-refractivity contribution < 1.29 is 9.53 Å². The predicted octanol–water partition coefficient (Wildman–Crippen LogP) is 1.57. The van der Waals surface area contributed by atoms with E-state index in [1.807, 2.05) is 6.07 Å². The minimum Gasteiger partial charge on any atom is -0.462 e. The van der Waals surface area contributed by atoms with Gasteiger partial charge >= 0.3 is 5.97 Å². The number of hydrazone groups is 1. The SMILES string of the molecule is CCOC(=O)c1c(-c2ccc(Cl)cc2)c(C#N)c(SC/C(=N/N)NN)[nH]c1=O. The zero-order chi connectivity index (χ0) is 20.7. The molecule has 0 spiro atoms. The van der Waals surface area contributed by atoms with E-state index in [-0.39, 0.29) is 39.9 Å². The highest BCUT2D eigenvalue weighted by Gasteiger charge is 2.25. The first-order valence-corrected chi connectivity index (χ1v) is 9.32. The Morgan fingerprint density at radius 2 is 2.11 bits per heavy atom. The molecule has 1 heterocycles. The molecular formula is C17H17ClN6O3S. The molecule has 9 nitrogen and oxygen atoms in total. The van der Waals surface area contributed by atoms with E-state index in [1.165, 1.54) is 0 Å². The maximum atomic E-state index is 12.7. The zero-order valence-electron chi connectivity index (χ0n) is 14.8. The quantitative estimate of drug-likeness (QED) is 0.137. The molecule has 0 aliphatic heterocycles. The highest BCUT2D eigenvalue weighted by Crippen LogP contribution is 2.32. The van der Waals surface area contributed by atoms with E-state index in [9.17, 15) is 14.9 Å². The van der Waals surface area contributed by atoms with Gasteiger partial charge in [-0.15, -0.1) is 0 Å². The first-order valence-electron chi connectivity index (χ1n) is 7.96. The van der Waals surface area contributed by atoms with Crippen molar-refractivity contribution in [1.82, 2.24) is 10.4 Å². The Morgan fingerprint density at radius 1 is 1.43 bits per heavy atom. The summed E-state index contributed by atoms with van der Waals surface area (Å²) in [5.41, 5.74) is 2.11.